The predicted octanol–water partition coefficient (Wildman–Crippen LogP) is -0.764. The molecular weight excluding hydrogens is 68.0 g/mol. The lowest BCUT2D eigenvalue weighted by atomic mass is 11.4. The van der Waals surface area contributed by atoms with Gasteiger partial charge < -0.3 is 0 Å². The van der Waals surface area contributed by atoms with Crippen molar-refractivity contribution in [1.29, 1.82) is 0 Å². The first-order chi connectivity index (χ1) is 2.50. The second-order valence-corrected chi connectivity index (χ2v) is 0.563. The Bertz CT molecular complexity index is 61.7. The number of hydrogen-bond donors (Lipinski definition) is 1. The third-order valence-electron chi connectivity index (χ3n) is 0.270. The standard InChI is InChI=1S/CH2N4/c1-2-4-5-3-1/h1H,(H,2,3,4)/q+1. The van der Waals surface area contributed by atoms with Crippen LogP contribution in [0.2, 0.25) is 0 Å². The zero-order valence-corrected chi connectivity index (χ0v) is 2.42. The third kappa shape index (κ3) is 0.212. The molecule has 0 atom stereocenters. The Morgan fingerprint density at radius 1 is 1.80 bits per heavy atom. The normalized spacial score (nSPS) is 16.0. The van der Waals surface area contributed by atoms with Gasteiger partial charge in [0.2, 0.25) is 5.22 Å². The molecule has 0 fully saturated rings. The Balaban J connectivity index is 2.61. The van der Waals surface area contributed by atoms with Crippen molar-refractivity contribution in [3.8, 4) is 0 Å². The lowest BCUT2D eigenvalue weighted by Gasteiger charge is -1.46. The summed E-state index contributed by atoms with van der Waals surface area (Å²) >= 11 is 0. The number of hydrogen-bond acceptors (Lipinski definition) is 4. The van der Waals surface area contributed by atoms with E-state index in [0.29, 0.717) is 0 Å². The molecule has 1 rings (SSSR count). The fourth-order valence-electron chi connectivity index (χ4n) is 0.129. The lowest BCUT2D eigenvalue weighted by Crippen LogP contribution is -2.04. The highest BCUT2D eigenvalue weighted by Gasteiger charge is 1.90. The maximum Gasteiger partial charge on any atom is 0.273 e. The van der Waals surface area contributed by atoms with Crippen LogP contribution in [0.4, 0.5) is 0 Å². The summed E-state index contributed by atoms with van der Waals surface area (Å²) in [5.41, 5.74) is 2.39. The van der Waals surface area contributed by atoms with E-state index < -0.39 is 0 Å². The molecule has 1 radical (unpaired) electrons. The molecule has 4 nitrogen and oxygen atoms in total. The largest absolute Gasteiger partial charge is 0.273 e. The topological polar surface area (TPSA) is 50.9 Å². The van der Waals surface area contributed by atoms with Crippen molar-refractivity contribution in [2.24, 2.45) is 10.3 Å². The Kier molecular flexibility index (Phi) is 0.368. The second kappa shape index (κ2) is 0.794. The molecule has 0 saturated carbocycles. The SMILES string of the molecule is C1=NN=[N+]N1. The summed E-state index contributed by atoms with van der Waals surface area (Å²) in [7, 11) is 0. The van der Waals surface area contributed by atoms with Gasteiger partial charge in [-0.25, -0.2) is 0 Å². The number of nitrogens with zero attached hydrogens (tertiary/aromatic N) is 3. The van der Waals surface area contributed by atoms with Gasteiger partial charge in [0, 0.05) is 0 Å². The van der Waals surface area contributed by atoms with Crippen LogP contribution in [0.1, 0.15) is 0 Å². The highest BCUT2D eigenvalue weighted by Crippen LogP contribution is 1.62. The maximum absolute atomic E-state index is 3.31. The van der Waals surface area contributed by atoms with Crippen LogP contribution in [-0.4, -0.2) is 6.34 Å². The molecule has 0 amide bonds. The van der Waals surface area contributed by atoms with E-state index >= 15 is 0 Å². The lowest BCUT2D eigenvalue weighted by molar-refractivity contribution is 0.824. The van der Waals surface area contributed by atoms with Gasteiger partial charge in [-0.15, -0.1) is 5.43 Å². The van der Waals surface area contributed by atoms with E-state index in [9.17, 15) is 0 Å². The molecule has 1 aliphatic rings. The molecule has 1 N–H and O–H groups in total. The molecule has 0 spiro atoms. The average molecular weight is 70.1 g/mol. The van der Waals surface area contributed by atoms with Crippen LogP contribution in [-0.2, 0) is 0 Å². The average Bonchev–Trinajstić information content (AvgIpc) is 1.76. The van der Waals surface area contributed by atoms with E-state index in [1.807, 2.05) is 0 Å². The van der Waals surface area contributed by atoms with E-state index in [-0.39, 0.29) is 0 Å². The monoisotopic (exact) mass is 70.0 g/mol. The zero-order valence-electron chi connectivity index (χ0n) is 2.42. The molecule has 0 bridgehead atoms. The summed E-state index contributed by atoms with van der Waals surface area (Å²) in [6.07, 6.45) is 1.40. The molecule has 0 aliphatic carbocycles. The van der Waals surface area contributed by atoms with Crippen molar-refractivity contribution < 1.29 is 0 Å². The van der Waals surface area contributed by atoms with Crippen LogP contribution in [0, 0.1) is 0 Å². The van der Waals surface area contributed by atoms with Gasteiger partial charge >= 0.3 is 0 Å². The van der Waals surface area contributed by atoms with Crippen molar-refractivity contribution in [1.82, 2.24) is 10.6 Å². The minimum absolute atomic E-state index is 1.40. The van der Waals surface area contributed by atoms with E-state index in [1.54, 1.807) is 0 Å². The molecule has 0 unspecified atom stereocenters. The van der Waals surface area contributed by atoms with Crippen molar-refractivity contribution in [2.75, 3.05) is 0 Å². The summed E-state index contributed by atoms with van der Waals surface area (Å²) in [5, 5.41) is 9.71. The molecule has 1 heterocycles. The van der Waals surface area contributed by atoms with Crippen LogP contribution in [0.3, 0.4) is 0 Å². The highest BCUT2D eigenvalue weighted by atomic mass is 15.6. The van der Waals surface area contributed by atoms with Gasteiger partial charge in [-0.05, 0) is 0 Å². The highest BCUT2D eigenvalue weighted by molar-refractivity contribution is 5.53. The molecule has 0 aromatic carbocycles. The summed E-state index contributed by atoms with van der Waals surface area (Å²) < 4.78 is 0. The van der Waals surface area contributed by atoms with Gasteiger partial charge in [-0.2, -0.15) is 0 Å². The van der Waals surface area contributed by atoms with Crippen molar-refractivity contribution in [3.05, 3.63) is 0 Å². The Hall–Kier alpha value is -0.930. The molecular formula is CH2N4+. The Morgan fingerprint density at radius 2 is 2.80 bits per heavy atom. The summed E-state index contributed by atoms with van der Waals surface area (Å²) in [5.74, 6) is 0. The first kappa shape index (κ1) is 2.32. The van der Waals surface area contributed by atoms with Crippen LogP contribution >= 0.6 is 0 Å². The first-order valence-electron chi connectivity index (χ1n) is 1.17. The van der Waals surface area contributed by atoms with Crippen molar-refractivity contribution >= 4 is 6.34 Å². The molecule has 0 aromatic heterocycles. The molecule has 0 saturated heterocycles. The molecule has 4 heteroatoms. The quantitative estimate of drug-likeness (QED) is 0.400. The molecule has 25 valence electrons. The van der Waals surface area contributed by atoms with E-state index in [4.69, 9.17) is 0 Å². The van der Waals surface area contributed by atoms with Crippen LogP contribution in [0.25, 0.3) is 0 Å². The Morgan fingerprint density at radius 3 is 3.00 bits per heavy atom. The smallest absolute Gasteiger partial charge is 0.125 e. The minimum Gasteiger partial charge on any atom is -0.125 e. The van der Waals surface area contributed by atoms with Gasteiger partial charge in [0.15, 0.2) is 5.22 Å². The summed E-state index contributed by atoms with van der Waals surface area (Å²) in [4.78, 5) is 0. The fraction of sp³-hybridized carbons (Fsp3) is 0. The molecule has 5 heavy (non-hydrogen) atoms. The van der Waals surface area contributed by atoms with Gasteiger partial charge in [0.05, 0.1) is 5.10 Å². The van der Waals surface area contributed by atoms with Gasteiger partial charge in [-0.1, -0.05) is 0 Å². The van der Waals surface area contributed by atoms with Crippen LogP contribution < -0.4 is 10.6 Å². The third-order valence-corrected chi connectivity index (χ3v) is 0.270. The first-order valence-corrected chi connectivity index (χ1v) is 1.17. The molecule has 0 aromatic rings. The minimum atomic E-state index is 1.40. The van der Waals surface area contributed by atoms with Crippen molar-refractivity contribution in [3.63, 3.8) is 0 Å². The fourth-order valence-corrected chi connectivity index (χ4v) is 0.129. The number of rotatable bonds is 0. The summed E-state index contributed by atoms with van der Waals surface area (Å²) in [6, 6.07) is 0. The van der Waals surface area contributed by atoms with Crippen molar-refractivity contribution in [2.45, 2.75) is 0 Å². The van der Waals surface area contributed by atoms with E-state index in [1.165, 1.54) is 6.34 Å². The van der Waals surface area contributed by atoms with Gasteiger partial charge in [0.1, 0.15) is 0 Å². The van der Waals surface area contributed by atoms with E-state index in [0.717, 1.165) is 0 Å². The van der Waals surface area contributed by atoms with E-state index in [2.05, 4.69) is 21.0 Å². The van der Waals surface area contributed by atoms with Gasteiger partial charge in [0.25, 0.3) is 6.34 Å². The maximum atomic E-state index is 3.31. The predicted molar refractivity (Wildman–Crippen MR) is 16.2 cm³/mol. The summed E-state index contributed by atoms with van der Waals surface area (Å²) in [6.45, 7) is 0. The molecule has 1 aliphatic heterocycles. The van der Waals surface area contributed by atoms with Gasteiger partial charge in [-0.3, -0.25) is 0 Å². The van der Waals surface area contributed by atoms with Crippen LogP contribution in [0.15, 0.2) is 10.3 Å². The Labute approximate surface area is 28.6 Å². The second-order valence-electron chi connectivity index (χ2n) is 0.563. The zero-order chi connectivity index (χ0) is 3.54. The van der Waals surface area contributed by atoms with Crippen LogP contribution in [0.5, 0.6) is 0 Å². The number of nitrogens with one attached hydrogen (secondary N) is 1.